The molecule has 6 bridgehead atoms. The number of nitrogens with zero attached hydrogens (tertiary/aromatic N) is 4. The molecule has 3 aliphatic rings. The van der Waals surface area contributed by atoms with Crippen molar-refractivity contribution in [1.29, 1.82) is 0 Å². The normalized spacial score (nSPS) is 26.9. The van der Waals surface area contributed by atoms with Crippen molar-refractivity contribution in [2.45, 2.75) is 97.4 Å². The zero-order valence-electron chi connectivity index (χ0n) is 29.2. The lowest BCUT2D eigenvalue weighted by Gasteiger charge is -2.37. The number of nitrogens with one attached hydrogen (secondary N) is 1. The standard InChI is InChI=1S/C37H54N6O4/c1-8-27(33(39-9-2)24(4)46-7)34-29-20-37(5,6)23-47-36(45)31-14-12-18-43(40-31)35(44)30(38)22-41-17-11-13-26(21-41)25-15-16-32(28(29)19-25)42(34)10-3/h8-9,15-16,19,24,26,30-31,40H,1,10-14,17-18,20-23,38H2,2-7H3/b33-27+,39-9-/t24-,26?,30-,31-/m0/s1. The number of hydrogen-bond acceptors (Lipinski definition) is 8. The van der Waals surface area contributed by atoms with Gasteiger partial charge in [0.2, 0.25) is 0 Å². The number of fused-ring (bicyclic) bond motifs is 6. The minimum Gasteiger partial charge on any atom is -0.464 e. The van der Waals surface area contributed by atoms with Gasteiger partial charge in [-0.25, -0.2) is 5.43 Å². The Kier molecular flexibility index (Phi) is 11.1. The molecule has 47 heavy (non-hydrogen) atoms. The molecule has 1 amide bonds. The summed E-state index contributed by atoms with van der Waals surface area (Å²) in [4.78, 5) is 33.9. The number of hydrogen-bond donors (Lipinski definition) is 2. The second-order valence-corrected chi connectivity index (χ2v) is 14.1. The third-order valence-electron chi connectivity index (χ3n) is 10.00. The van der Waals surface area contributed by atoms with Crippen LogP contribution in [0, 0.1) is 5.41 Å². The van der Waals surface area contributed by atoms with E-state index in [2.05, 4.69) is 60.4 Å². The molecule has 2 aromatic rings. The average Bonchev–Trinajstić information content (AvgIpc) is 3.37. The highest BCUT2D eigenvalue weighted by atomic mass is 16.5. The summed E-state index contributed by atoms with van der Waals surface area (Å²) in [5.41, 5.74) is 15.7. The predicted octanol–water partition coefficient (Wildman–Crippen LogP) is 4.81. The second-order valence-electron chi connectivity index (χ2n) is 14.1. The zero-order chi connectivity index (χ0) is 33.9. The molecule has 1 aromatic heterocycles. The third-order valence-corrected chi connectivity index (χ3v) is 10.00. The van der Waals surface area contributed by atoms with E-state index in [1.807, 2.05) is 19.9 Å². The molecule has 4 heterocycles. The Morgan fingerprint density at radius 2 is 2.00 bits per heavy atom. The lowest BCUT2D eigenvalue weighted by Crippen LogP contribution is -2.60. The highest BCUT2D eigenvalue weighted by Gasteiger charge is 2.35. The summed E-state index contributed by atoms with van der Waals surface area (Å²) in [5.74, 6) is -0.195. The van der Waals surface area contributed by atoms with Gasteiger partial charge in [0, 0.05) is 61.4 Å². The van der Waals surface area contributed by atoms with Crippen LogP contribution in [-0.2, 0) is 32.0 Å². The molecule has 3 N–H and O–H groups in total. The largest absolute Gasteiger partial charge is 0.464 e. The van der Waals surface area contributed by atoms with Gasteiger partial charge < -0.3 is 24.7 Å². The van der Waals surface area contributed by atoms with Crippen molar-refractivity contribution in [1.82, 2.24) is 19.9 Å². The number of ether oxygens (including phenoxy) is 2. The fraction of sp³-hybridized carbons (Fsp3) is 0.595. The Bertz CT molecular complexity index is 1540. The number of rotatable bonds is 6. The van der Waals surface area contributed by atoms with Gasteiger partial charge in [-0.1, -0.05) is 32.6 Å². The van der Waals surface area contributed by atoms with Gasteiger partial charge in [0.05, 0.1) is 30.1 Å². The first-order valence-corrected chi connectivity index (χ1v) is 17.3. The molecule has 2 unspecified atom stereocenters. The molecule has 256 valence electrons. The molecule has 1 aromatic carbocycles. The summed E-state index contributed by atoms with van der Waals surface area (Å²) in [6.45, 7) is 18.4. The van der Waals surface area contributed by atoms with Gasteiger partial charge in [-0.3, -0.25) is 19.6 Å². The van der Waals surface area contributed by atoms with E-state index in [9.17, 15) is 9.59 Å². The number of aliphatic imine (C=N–C) groups is 1. The quantitative estimate of drug-likeness (QED) is 0.263. The van der Waals surface area contributed by atoms with Crippen molar-refractivity contribution in [3.8, 4) is 0 Å². The average molecular weight is 647 g/mol. The first-order chi connectivity index (χ1) is 22.5. The molecule has 0 saturated carbocycles. The summed E-state index contributed by atoms with van der Waals surface area (Å²) in [7, 11) is 1.70. The minimum atomic E-state index is -0.678. The van der Waals surface area contributed by atoms with Gasteiger partial charge >= 0.3 is 5.97 Å². The number of benzene rings is 1. The Morgan fingerprint density at radius 3 is 2.70 bits per heavy atom. The van der Waals surface area contributed by atoms with Crippen LogP contribution in [0.15, 0.2) is 41.5 Å². The SMILES string of the molecule is C=C/C(=C(\N=C/C)[C@H](C)OC)c1c2c3cc(ccc3n1CC)C1CCCN(C1)C[C@H](N)C(=O)N1CCC[C@H](N1)C(=O)OCC(C)(C)C2. The van der Waals surface area contributed by atoms with Gasteiger partial charge in [-0.2, -0.15) is 0 Å². The van der Waals surface area contributed by atoms with Crippen LogP contribution in [0.1, 0.15) is 83.0 Å². The van der Waals surface area contributed by atoms with Crippen LogP contribution < -0.4 is 11.2 Å². The van der Waals surface area contributed by atoms with Crippen LogP contribution in [0.4, 0.5) is 0 Å². The smallest absolute Gasteiger partial charge is 0.324 e. The maximum Gasteiger partial charge on any atom is 0.324 e. The Hall–Kier alpha value is -3.31. The molecule has 3 aliphatic heterocycles. The molecular formula is C37H54N6O4. The molecule has 2 fully saturated rings. The summed E-state index contributed by atoms with van der Waals surface area (Å²) in [6.07, 6.45) is 7.56. The van der Waals surface area contributed by atoms with E-state index in [-0.39, 0.29) is 24.6 Å². The molecule has 0 radical (unpaired) electrons. The highest BCUT2D eigenvalue weighted by molar-refractivity contribution is 5.93. The molecule has 10 nitrogen and oxygen atoms in total. The Morgan fingerprint density at radius 1 is 1.23 bits per heavy atom. The highest BCUT2D eigenvalue weighted by Crippen LogP contribution is 2.40. The number of aryl methyl sites for hydroxylation is 1. The van der Waals surface area contributed by atoms with Crippen molar-refractivity contribution in [3.63, 3.8) is 0 Å². The number of piperidine rings is 1. The van der Waals surface area contributed by atoms with Crippen LogP contribution in [-0.4, -0.2) is 90.7 Å². The summed E-state index contributed by atoms with van der Waals surface area (Å²) >= 11 is 0. The number of carbonyl (C=O) groups excluding carboxylic acids is 2. The third kappa shape index (κ3) is 7.41. The molecular weight excluding hydrogens is 592 g/mol. The first-order valence-electron chi connectivity index (χ1n) is 17.3. The van der Waals surface area contributed by atoms with E-state index in [1.165, 1.54) is 21.5 Å². The number of allylic oxidation sites excluding steroid dienone is 2. The van der Waals surface area contributed by atoms with E-state index in [0.29, 0.717) is 38.3 Å². The van der Waals surface area contributed by atoms with Crippen LogP contribution in [0.2, 0.25) is 0 Å². The predicted molar refractivity (Wildman–Crippen MR) is 188 cm³/mol. The van der Waals surface area contributed by atoms with Crippen molar-refractivity contribution in [2.75, 3.05) is 39.9 Å². The summed E-state index contributed by atoms with van der Waals surface area (Å²) < 4.78 is 14.2. The van der Waals surface area contributed by atoms with E-state index < -0.39 is 17.5 Å². The van der Waals surface area contributed by atoms with E-state index >= 15 is 0 Å². The molecule has 10 heteroatoms. The van der Waals surface area contributed by atoms with E-state index in [1.54, 1.807) is 13.3 Å². The number of methoxy groups -OCH3 is 1. The first kappa shape index (κ1) is 35.0. The van der Waals surface area contributed by atoms with Crippen molar-refractivity contribution in [2.24, 2.45) is 16.1 Å². The number of esters is 1. The summed E-state index contributed by atoms with van der Waals surface area (Å²) in [6, 6.07) is 5.62. The van der Waals surface area contributed by atoms with Crippen molar-refractivity contribution in [3.05, 3.63) is 53.4 Å². The number of hydrazine groups is 1. The molecule has 0 aliphatic carbocycles. The number of nitrogens with two attached hydrogens (primary N) is 1. The summed E-state index contributed by atoms with van der Waals surface area (Å²) in [5, 5.41) is 2.73. The number of cyclic esters (lactones) is 1. The van der Waals surface area contributed by atoms with Crippen molar-refractivity contribution >= 4 is 34.6 Å². The number of aromatic nitrogens is 1. The van der Waals surface area contributed by atoms with Crippen LogP contribution in [0.25, 0.3) is 16.5 Å². The van der Waals surface area contributed by atoms with Crippen molar-refractivity contribution < 1.29 is 19.1 Å². The minimum absolute atomic E-state index is 0.175. The lowest BCUT2D eigenvalue weighted by molar-refractivity contribution is -0.155. The molecule has 5 atom stereocenters. The van der Waals surface area contributed by atoms with E-state index in [0.717, 1.165) is 55.0 Å². The van der Waals surface area contributed by atoms with E-state index in [4.69, 9.17) is 20.2 Å². The molecule has 5 rings (SSSR count). The fourth-order valence-electron chi connectivity index (χ4n) is 7.54. The Labute approximate surface area is 280 Å². The van der Waals surface area contributed by atoms with Gasteiger partial charge in [-0.15, -0.1) is 0 Å². The van der Waals surface area contributed by atoms with Crippen LogP contribution in [0.3, 0.4) is 0 Å². The fourth-order valence-corrected chi connectivity index (χ4v) is 7.54. The monoisotopic (exact) mass is 646 g/mol. The van der Waals surface area contributed by atoms with Gasteiger partial charge in [0.15, 0.2) is 0 Å². The maximum absolute atomic E-state index is 13.4. The molecule has 0 spiro atoms. The number of amides is 1. The van der Waals surface area contributed by atoms with Crippen LogP contribution in [0.5, 0.6) is 0 Å². The zero-order valence-corrected chi connectivity index (χ0v) is 29.2. The number of carbonyl (C=O) groups is 2. The van der Waals surface area contributed by atoms with Crippen LogP contribution >= 0.6 is 0 Å². The maximum atomic E-state index is 13.4. The molecule has 2 saturated heterocycles. The van der Waals surface area contributed by atoms with Gasteiger partial charge in [-0.05, 0) is 88.6 Å². The topological polar surface area (TPSA) is 114 Å². The Balaban J connectivity index is 1.69. The van der Waals surface area contributed by atoms with Gasteiger partial charge in [0.1, 0.15) is 6.04 Å². The second kappa shape index (κ2) is 14.8. The lowest BCUT2D eigenvalue weighted by atomic mass is 9.83. The van der Waals surface area contributed by atoms with Gasteiger partial charge in [0.25, 0.3) is 5.91 Å².